The fourth-order valence-electron chi connectivity index (χ4n) is 5.01. The lowest BCUT2D eigenvalue weighted by molar-refractivity contribution is -0.153. The second-order valence-corrected chi connectivity index (χ2v) is 8.87. The van der Waals surface area contributed by atoms with E-state index in [4.69, 9.17) is 9.47 Å². The number of carboxylic acid groups (broad SMARTS) is 1. The Morgan fingerprint density at radius 3 is 2.79 bits per heavy atom. The minimum Gasteiger partial charge on any atom is -0.494 e. The number of hydrogen-bond acceptors (Lipinski definition) is 4. The Morgan fingerprint density at radius 2 is 2.12 bits per heavy atom. The highest BCUT2D eigenvalue weighted by molar-refractivity contribution is 5.99. The molecule has 3 heterocycles. The summed E-state index contributed by atoms with van der Waals surface area (Å²) in [4.78, 5) is 11.4. The predicted octanol–water partition coefficient (Wildman–Crippen LogP) is 5.13. The van der Waals surface area contributed by atoms with E-state index in [1.165, 1.54) is 13.2 Å². The van der Waals surface area contributed by atoms with Gasteiger partial charge in [0.2, 0.25) is 0 Å². The number of carboxylic acids is 1. The zero-order chi connectivity index (χ0) is 23.3. The molecule has 4 aromatic rings. The van der Waals surface area contributed by atoms with E-state index in [9.17, 15) is 14.3 Å². The van der Waals surface area contributed by atoms with Gasteiger partial charge in [0.1, 0.15) is 0 Å². The molecule has 1 saturated heterocycles. The average molecular weight is 451 g/mol. The van der Waals surface area contributed by atoms with E-state index in [2.05, 4.69) is 40.7 Å². The summed E-state index contributed by atoms with van der Waals surface area (Å²) in [5.74, 6) is -0.957. The zero-order valence-electron chi connectivity index (χ0n) is 18.8. The van der Waals surface area contributed by atoms with Crippen LogP contribution in [0.1, 0.15) is 49.8 Å². The molecule has 2 atom stereocenters. The maximum atomic E-state index is 14.2. The van der Waals surface area contributed by atoms with Crippen LogP contribution in [0.25, 0.3) is 27.5 Å². The standard InChI is InChI=1S/C25H26FN3O4/c1-13(2)24-23(14-4-7-21(25(30)31)33-12-14)17-10-19-15(11-27-28-19)8-20(17)29(24)16-5-6-18(26)22(9-16)32-3/h5-6,8-11,13-14,21H,4,7,12H2,1-3H3,(H,27,28)(H,30,31)/t14-,21?/m0/s1. The van der Waals surface area contributed by atoms with Crippen molar-refractivity contribution in [3.63, 3.8) is 0 Å². The number of halogens is 1. The first-order valence-corrected chi connectivity index (χ1v) is 11.1. The molecule has 2 N–H and O–H groups in total. The Balaban J connectivity index is 1.77. The number of hydrogen-bond donors (Lipinski definition) is 2. The number of fused-ring (bicyclic) bond motifs is 2. The number of nitrogens with one attached hydrogen (secondary N) is 1. The number of carbonyl (C=O) groups is 1. The molecule has 172 valence electrons. The normalized spacial score (nSPS) is 18.9. The number of ether oxygens (including phenoxy) is 2. The number of rotatable bonds is 5. The van der Waals surface area contributed by atoms with E-state index < -0.39 is 17.9 Å². The number of aromatic nitrogens is 3. The summed E-state index contributed by atoms with van der Waals surface area (Å²) in [5, 5.41) is 18.6. The number of methoxy groups -OCH3 is 1. The highest BCUT2D eigenvalue weighted by Crippen LogP contribution is 2.43. The van der Waals surface area contributed by atoms with Crippen LogP contribution in [-0.2, 0) is 9.53 Å². The van der Waals surface area contributed by atoms with Crippen LogP contribution in [0.5, 0.6) is 5.75 Å². The fraction of sp³-hybridized carbons (Fsp3) is 0.360. The van der Waals surface area contributed by atoms with Crippen molar-refractivity contribution in [3.05, 3.63) is 53.6 Å². The van der Waals surface area contributed by atoms with Gasteiger partial charge in [0.25, 0.3) is 0 Å². The summed E-state index contributed by atoms with van der Waals surface area (Å²) in [5.41, 5.74) is 4.95. The van der Waals surface area contributed by atoms with Crippen molar-refractivity contribution in [2.24, 2.45) is 0 Å². The monoisotopic (exact) mass is 451 g/mol. The number of benzene rings is 2. The van der Waals surface area contributed by atoms with Gasteiger partial charge in [-0.1, -0.05) is 13.8 Å². The quantitative estimate of drug-likeness (QED) is 0.439. The van der Waals surface area contributed by atoms with E-state index in [0.29, 0.717) is 19.4 Å². The van der Waals surface area contributed by atoms with Crippen LogP contribution in [0.15, 0.2) is 36.5 Å². The highest BCUT2D eigenvalue weighted by Gasteiger charge is 2.33. The van der Waals surface area contributed by atoms with Gasteiger partial charge in [-0.2, -0.15) is 5.10 Å². The average Bonchev–Trinajstić information content (AvgIpc) is 3.39. The van der Waals surface area contributed by atoms with E-state index in [1.807, 2.05) is 0 Å². The minimum atomic E-state index is -0.919. The first-order chi connectivity index (χ1) is 15.9. The second-order valence-electron chi connectivity index (χ2n) is 8.87. The lowest BCUT2D eigenvalue weighted by Crippen LogP contribution is -2.31. The number of aromatic amines is 1. The Kier molecular flexibility index (Phi) is 5.32. The molecule has 2 aromatic heterocycles. The van der Waals surface area contributed by atoms with Crippen molar-refractivity contribution in [1.82, 2.24) is 14.8 Å². The predicted molar refractivity (Wildman–Crippen MR) is 123 cm³/mol. The van der Waals surface area contributed by atoms with Crippen molar-refractivity contribution in [2.75, 3.05) is 13.7 Å². The number of H-pyrrole nitrogens is 1. The molecule has 7 nitrogen and oxygen atoms in total. The van der Waals surface area contributed by atoms with Gasteiger partial charge in [0.05, 0.1) is 30.9 Å². The van der Waals surface area contributed by atoms with E-state index >= 15 is 0 Å². The van der Waals surface area contributed by atoms with Crippen molar-refractivity contribution < 1.29 is 23.8 Å². The van der Waals surface area contributed by atoms with Crippen molar-refractivity contribution in [1.29, 1.82) is 0 Å². The molecule has 8 heteroatoms. The van der Waals surface area contributed by atoms with E-state index in [1.54, 1.807) is 18.3 Å². The summed E-state index contributed by atoms with van der Waals surface area (Å²) in [7, 11) is 1.46. The van der Waals surface area contributed by atoms with E-state index in [0.717, 1.165) is 38.8 Å². The van der Waals surface area contributed by atoms with Gasteiger partial charge in [-0.25, -0.2) is 9.18 Å². The lowest BCUT2D eigenvalue weighted by atomic mass is 9.87. The third kappa shape index (κ3) is 3.54. The maximum absolute atomic E-state index is 14.2. The molecule has 0 spiro atoms. The first-order valence-electron chi connectivity index (χ1n) is 11.1. The minimum absolute atomic E-state index is 0.0458. The van der Waals surface area contributed by atoms with Gasteiger partial charge in [-0.05, 0) is 48.6 Å². The zero-order valence-corrected chi connectivity index (χ0v) is 18.8. The fourth-order valence-corrected chi connectivity index (χ4v) is 5.01. The van der Waals surface area contributed by atoms with Crippen LogP contribution < -0.4 is 4.74 Å². The summed E-state index contributed by atoms with van der Waals surface area (Å²) in [6, 6.07) is 9.07. The smallest absolute Gasteiger partial charge is 0.332 e. The van der Waals surface area contributed by atoms with Gasteiger partial charge in [0, 0.05) is 34.1 Å². The molecule has 33 heavy (non-hydrogen) atoms. The summed E-state index contributed by atoms with van der Waals surface area (Å²) in [6.45, 7) is 4.60. The van der Waals surface area contributed by atoms with Gasteiger partial charge in [-0.15, -0.1) is 0 Å². The van der Waals surface area contributed by atoms with Crippen molar-refractivity contribution in [2.45, 2.75) is 44.6 Å². The summed E-state index contributed by atoms with van der Waals surface area (Å²) < 4.78 is 27.4. The van der Waals surface area contributed by atoms with Gasteiger partial charge in [-0.3, -0.25) is 5.10 Å². The molecule has 1 aliphatic heterocycles. The molecule has 0 saturated carbocycles. The third-order valence-corrected chi connectivity index (χ3v) is 6.50. The SMILES string of the molecule is COc1cc(-n2c(C(C)C)c([C@H]3CCC(C(=O)O)OC3)c3cc4[nH]ncc4cc32)ccc1F. The van der Waals surface area contributed by atoms with Crippen LogP contribution in [0, 0.1) is 5.82 Å². The molecule has 0 aliphatic carbocycles. The molecule has 1 aliphatic rings. The molecule has 0 bridgehead atoms. The Morgan fingerprint density at radius 1 is 1.30 bits per heavy atom. The number of aliphatic carboxylic acids is 1. The molecule has 1 unspecified atom stereocenters. The molecule has 0 radical (unpaired) electrons. The van der Waals surface area contributed by atoms with Crippen LogP contribution in [-0.4, -0.2) is 45.7 Å². The molecular weight excluding hydrogens is 425 g/mol. The Hall–Kier alpha value is -3.39. The van der Waals surface area contributed by atoms with Gasteiger partial charge < -0.3 is 19.1 Å². The lowest BCUT2D eigenvalue weighted by Gasteiger charge is -2.28. The third-order valence-electron chi connectivity index (χ3n) is 6.50. The Labute approximate surface area is 190 Å². The molecular formula is C25H26FN3O4. The van der Waals surface area contributed by atoms with Gasteiger partial charge >= 0.3 is 5.97 Å². The summed E-state index contributed by atoms with van der Waals surface area (Å²) in [6.07, 6.45) is 2.19. The maximum Gasteiger partial charge on any atom is 0.332 e. The molecule has 0 amide bonds. The van der Waals surface area contributed by atoms with Crippen molar-refractivity contribution >= 4 is 27.8 Å². The first kappa shape index (κ1) is 21.5. The van der Waals surface area contributed by atoms with Crippen LogP contribution in [0.4, 0.5) is 4.39 Å². The van der Waals surface area contributed by atoms with Crippen LogP contribution in [0.3, 0.4) is 0 Å². The number of nitrogens with zero attached hydrogens (tertiary/aromatic N) is 2. The molecule has 2 aromatic carbocycles. The second kappa shape index (κ2) is 8.19. The van der Waals surface area contributed by atoms with E-state index in [-0.39, 0.29) is 17.6 Å². The van der Waals surface area contributed by atoms with Crippen LogP contribution in [0.2, 0.25) is 0 Å². The Bertz CT molecular complexity index is 1350. The topological polar surface area (TPSA) is 89.4 Å². The highest BCUT2D eigenvalue weighted by atomic mass is 19.1. The largest absolute Gasteiger partial charge is 0.494 e. The molecule has 1 fully saturated rings. The summed E-state index contributed by atoms with van der Waals surface area (Å²) >= 11 is 0. The van der Waals surface area contributed by atoms with Gasteiger partial charge in [0.15, 0.2) is 17.7 Å². The molecule has 5 rings (SSSR count). The van der Waals surface area contributed by atoms with Crippen LogP contribution >= 0.6 is 0 Å². The van der Waals surface area contributed by atoms with Crippen molar-refractivity contribution in [3.8, 4) is 11.4 Å².